The lowest BCUT2D eigenvalue weighted by Crippen LogP contribution is -2.40. The van der Waals surface area contributed by atoms with E-state index in [1.165, 1.54) is 0 Å². The molecule has 0 spiro atoms. The Morgan fingerprint density at radius 3 is 2.47 bits per heavy atom. The predicted octanol–water partition coefficient (Wildman–Crippen LogP) is 3.27. The second-order valence-corrected chi connectivity index (χ2v) is 10.2. The Morgan fingerprint density at radius 2 is 1.82 bits per heavy atom. The average molecular weight is 520 g/mol. The van der Waals surface area contributed by atoms with E-state index in [2.05, 4.69) is 10.2 Å². The first-order valence-electron chi connectivity index (χ1n) is 10.4. The molecule has 0 unspecified atom stereocenters. The number of rotatable bonds is 8. The van der Waals surface area contributed by atoms with Crippen LogP contribution in [0, 0.1) is 0 Å². The van der Waals surface area contributed by atoms with E-state index in [4.69, 9.17) is 16.3 Å². The number of amides is 1. The molecule has 1 saturated heterocycles. The fraction of sp³-hybridized carbons (Fsp3) is 0.409. The lowest BCUT2D eigenvalue weighted by molar-refractivity contribution is -0.137. The summed E-state index contributed by atoms with van der Waals surface area (Å²) < 4.78 is 70.0. The van der Waals surface area contributed by atoms with Gasteiger partial charge in [-0.1, -0.05) is 35.9 Å². The number of nitrogens with zero attached hydrogens (tertiary/aromatic N) is 2. The van der Waals surface area contributed by atoms with Crippen LogP contribution in [0.25, 0.3) is 0 Å². The van der Waals surface area contributed by atoms with Crippen molar-refractivity contribution in [3.8, 4) is 0 Å². The van der Waals surface area contributed by atoms with E-state index >= 15 is 0 Å². The normalized spacial score (nSPS) is 15.2. The molecule has 0 aliphatic carbocycles. The maximum Gasteiger partial charge on any atom is 0.417 e. The van der Waals surface area contributed by atoms with Gasteiger partial charge in [0.2, 0.25) is 15.9 Å². The third-order valence-electron chi connectivity index (χ3n) is 5.22. The molecular formula is C22H25ClF3N3O4S. The van der Waals surface area contributed by atoms with Crippen LogP contribution in [0.5, 0.6) is 0 Å². The van der Waals surface area contributed by atoms with Crippen LogP contribution in [0.2, 0.25) is 5.02 Å². The number of anilines is 1. The van der Waals surface area contributed by atoms with Crippen molar-refractivity contribution in [2.45, 2.75) is 19.3 Å². The van der Waals surface area contributed by atoms with Gasteiger partial charge >= 0.3 is 6.18 Å². The van der Waals surface area contributed by atoms with Crippen molar-refractivity contribution in [2.75, 3.05) is 43.4 Å². The minimum absolute atomic E-state index is 0.141. The molecule has 12 heteroatoms. The van der Waals surface area contributed by atoms with Crippen molar-refractivity contribution < 1.29 is 31.1 Å². The van der Waals surface area contributed by atoms with E-state index in [9.17, 15) is 26.4 Å². The van der Waals surface area contributed by atoms with Crippen molar-refractivity contribution in [2.24, 2.45) is 0 Å². The molecule has 1 aliphatic heterocycles. The summed E-state index contributed by atoms with van der Waals surface area (Å²) in [5.41, 5.74) is 0.391. The standard InChI is InChI=1S/C22H25ClF3N3O4S/c1-34(31,32)29(18-5-6-20(23)19(12-18)22(24,25)26)15-21(30)27-13-16-3-2-4-17(11-16)14-28-7-9-33-10-8-28/h2-6,11-12H,7-10,13-15H2,1H3,(H,27,30). The van der Waals surface area contributed by atoms with Crippen LogP contribution in [0.3, 0.4) is 0 Å². The molecule has 186 valence electrons. The van der Waals surface area contributed by atoms with Gasteiger partial charge < -0.3 is 10.1 Å². The van der Waals surface area contributed by atoms with Crippen molar-refractivity contribution in [3.05, 3.63) is 64.2 Å². The van der Waals surface area contributed by atoms with Crippen molar-refractivity contribution in [1.82, 2.24) is 10.2 Å². The van der Waals surface area contributed by atoms with E-state index < -0.39 is 39.2 Å². The Morgan fingerprint density at radius 1 is 1.15 bits per heavy atom. The SMILES string of the molecule is CS(=O)(=O)N(CC(=O)NCc1cccc(CN2CCOCC2)c1)c1ccc(Cl)c(C(F)(F)F)c1. The molecule has 0 radical (unpaired) electrons. The molecule has 3 rings (SSSR count). The molecule has 1 amide bonds. The molecular weight excluding hydrogens is 495 g/mol. The first-order chi connectivity index (χ1) is 15.9. The number of carbonyl (C=O) groups is 1. The Balaban J connectivity index is 1.67. The highest BCUT2D eigenvalue weighted by molar-refractivity contribution is 7.92. The quantitative estimate of drug-likeness (QED) is 0.579. The highest BCUT2D eigenvalue weighted by atomic mass is 35.5. The van der Waals surface area contributed by atoms with E-state index in [1.54, 1.807) is 0 Å². The largest absolute Gasteiger partial charge is 0.417 e. The number of morpholine rings is 1. The van der Waals surface area contributed by atoms with Crippen LogP contribution < -0.4 is 9.62 Å². The number of hydrogen-bond acceptors (Lipinski definition) is 5. The minimum atomic E-state index is -4.77. The van der Waals surface area contributed by atoms with E-state index in [0.29, 0.717) is 23.6 Å². The lowest BCUT2D eigenvalue weighted by Gasteiger charge is -2.26. The number of benzene rings is 2. The van der Waals surface area contributed by atoms with Gasteiger partial charge in [0.05, 0.1) is 35.7 Å². The monoisotopic (exact) mass is 519 g/mol. The Bertz CT molecular complexity index is 1120. The zero-order valence-corrected chi connectivity index (χ0v) is 20.0. The average Bonchev–Trinajstić information content (AvgIpc) is 2.76. The van der Waals surface area contributed by atoms with Crippen LogP contribution >= 0.6 is 11.6 Å². The third-order valence-corrected chi connectivity index (χ3v) is 6.69. The summed E-state index contributed by atoms with van der Waals surface area (Å²) in [7, 11) is -4.05. The first kappa shape index (κ1) is 26.3. The fourth-order valence-corrected chi connectivity index (χ4v) is 4.60. The number of carbonyl (C=O) groups excluding carboxylic acids is 1. The van der Waals surface area contributed by atoms with Crippen LogP contribution in [0.4, 0.5) is 18.9 Å². The van der Waals surface area contributed by atoms with Crippen LogP contribution in [-0.2, 0) is 38.8 Å². The molecule has 0 bridgehead atoms. The number of hydrogen-bond donors (Lipinski definition) is 1. The number of ether oxygens (including phenoxy) is 1. The summed E-state index contributed by atoms with van der Waals surface area (Å²) in [4.78, 5) is 14.8. The maximum absolute atomic E-state index is 13.2. The highest BCUT2D eigenvalue weighted by Gasteiger charge is 2.34. The van der Waals surface area contributed by atoms with Gasteiger partial charge in [0.15, 0.2) is 0 Å². The van der Waals surface area contributed by atoms with Crippen molar-refractivity contribution >= 4 is 33.2 Å². The lowest BCUT2D eigenvalue weighted by atomic mass is 10.1. The molecule has 2 aromatic carbocycles. The van der Waals surface area contributed by atoms with Gasteiger partial charge in [-0.2, -0.15) is 13.2 Å². The summed E-state index contributed by atoms with van der Waals surface area (Å²) in [5.74, 6) is -0.660. The number of alkyl halides is 3. The molecule has 0 aromatic heterocycles. The summed E-state index contributed by atoms with van der Waals surface area (Å²) in [6.07, 6.45) is -3.96. The van der Waals surface area contributed by atoms with Gasteiger partial charge in [0.25, 0.3) is 0 Å². The molecule has 7 nitrogen and oxygen atoms in total. The van der Waals surface area contributed by atoms with E-state index in [-0.39, 0.29) is 12.2 Å². The van der Waals surface area contributed by atoms with Gasteiger partial charge in [-0.3, -0.25) is 14.0 Å². The van der Waals surface area contributed by atoms with E-state index in [0.717, 1.165) is 49.1 Å². The number of nitrogens with one attached hydrogen (secondary N) is 1. The zero-order chi connectivity index (χ0) is 24.9. The number of halogens is 4. The predicted molar refractivity (Wildman–Crippen MR) is 123 cm³/mol. The smallest absolute Gasteiger partial charge is 0.379 e. The van der Waals surface area contributed by atoms with Gasteiger partial charge in [0.1, 0.15) is 6.54 Å². The molecule has 1 heterocycles. The van der Waals surface area contributed by atoms with Gasteiger partial charge in [-0.15, -0.1) is 0 Å². The number of sulfonamides is 1. The molecule has 34 heavy (non-hydrogen) atoms. The molecule has 2 aromatic rings. The summed E-state index contributed by atoms with van der Waals surface area (Å²) in [6.45, 7) is 3.25. The van der Waals surface area contributed by atoms with Crippen LogP contribution in [0.15, 0.2) is 42.5 Å². The first-order valence-corrected chi connectivity index (χ1v) is 12.6. The van der Waals surface area contributed by atoms with Gasteiger partial charge in [-0.05, 0) is 29.3 Å². The Labute approximate surface area is 201 Å². The highest BCUT2D eigenvalue weighted by Crippen LogP contribution is 2.37. The van der Waals surface area contributed by atoms with Crippen LogP contribution in [0.1, 0.15) is 16.7 Å². The molecule has 0 atom stereocenters. The van der Waals surface area contributed by atoms with Crippen LogP contribution in [-0.4, -0.2) is 58.3 Å². The zero-order valence-electron chi connectivity index (χ0n) is 18.4. The summed E-state index contributed by atoms with van der Waals surface area (Å²) in [6, 6.07) is 10.3. The molecule has 1 N–H and O–H groups in total. The van der Waals surface area contributed by atoms with Crippen molar-refractivity contribution in [3.63, 3.8) is 0 Å². The summed E-state index contributed by atoms with van der Waals surface area (Å²) in [5, 5.41) is 2.07. The Kier molecular flexibility index (Phi) is 8.45. The van der Waals surface area contributed by atoms with E-state index in [1.807, 2.05) is 24.3 Å². The third kappa shape index (κ3) is 7.33. The maximum atomic E-state index is 13.2. The molecule has 0 saturated carbocycles. The minimum Gasteiger partial charge on any atom is -0.379 e. The molecule has 1 fully saturated rings. The Hall–Kier alpha value is -2.34. The summed E-state index contributed by atoms with van der Waals surface area (Å²) >= 11 is 5.62. The second-order valence-electron chi connectivity index (χ2n) is 7.92. The van der Waals surface area contributed by atoms with Gasteiger partial charge in [-0.25, -0.2) is 8.42 Å². The fourth-order valence-electron chi connectivity index (χ4n) is 3.53. The topological polar surface area (TPSA) is 79.0 Å². The van der Waals surface area contributed by atoms with Gasteiger partial charge in [0, 0.05) is 26.2 Å². The second kappa shape index (κ2) is 10.9. The van der Waals surface area contributed by atoms with Crippen molar-refractivity contribution in [1.29, 1.82) is 0 Å². The molecule has 1 aliphatic rings.